The van der Waals surface area contributed by atoms with E-state index in [1.54, 1.807) is 0 Å². The molecule has 0 amide bonds. The Kier molecular flexibility index (Phi) is 6.90. The molecule has 0 fully saturated rings. The number of rotatable bonds is 8. The van der Waals surface area contributed by atoms with Crippen molar-refractivity contribution in [1.29, 1.82) is 0 Å². The van der Waals surface area contributed by atoms with Crippen LogP contribution in [-0.2, 0) is 4.74 Å². The van der Waals surface area contributed by atoms with Gasteiger partial charge in [0.2, 0.25) is 0 Å². The lowest BCUT2D eigenvalue weighted by molar-refractivity contribution is 0.0783. The number of phenols is 1. The summed E-state index contributed by atoms with van der Waals surface area (Å²) in [5, 5.41) is 10.5. The Labute approximate surface area is 128 Å². The van der Waals surface area contributed by atoms with Gasteiger partial charge in [-0.25, -0.2) is 0 Å². The van der Waals surface area contributed by atoms with Crippen LogP contribution in [-0.4, -0.2) is 24.1 Å². The van der Waals surface area contributed by atoms with Gasteiger partial charge in [-0.15, -0.1) is 0 Å². The van der Waals surface area contributed by atoms with Crippen LogP contribution in [0.5, 0.6) is 5.75 Å². The smallest absolute Gasteiger partial charge is 0.188 e. The summed E-state index contributed by atoms with van der Waals surface area (Å²) in [6.07, 6.45) is 1.85. The maximum atomic E-state index is 12.2. The molecule has 0 saturated carbocycles. The second-order valence-electron chi connectivity index (χ2n) is 5.68. The molecule has 2 atom stereocenters. The van der Waals surface area contributed by atoms with Gasteiger partial charge in [0.05, 0.1) is 0 Å². The van der Waals surface area contributed by atoms with Crippen molar-refractivity contribution in [2.75, 3.05) is 13.2 Å². The molecule has 1 aromatic rings. The van der Waals surface area contributed by atoms with Gasteiger partial charge >= 0.3 is 0 Å². The van der Waals surface area contributed by atoms with Crippen LogP contribution in [0.4, 0.5) is 0 Å². The number of hydrogen-bond acceptors (Lipinski definition) is 3. The second-order valence-corrected chi connectivity index (χ2v) is 5.68. The Morgan fingerprint density at radius 2 is 1.57 bits per heavy atom. The second kappa shape index (κ2) is 8.18. The van der Waals surface area contributed by atoms with Crippen LogP contribution in [0.2, 0.25) is 0 Å². The van der Waals surface area contributed by atoms with Gasteiger partial charge in [-0.05, 0) is 54.9 Å². The molecule has 1 aromatic carbocycles. The van der Waals surface area contributed by atoms with E-state index in [1.165, 1.54) is 0 Å². The maximum Gasteiger partial charge on any atom is 0.188 e. The molecular weight excluding hydrogens is 264 g/mol. The summed E-state index contributed by atoms with van der Waals surface area (Å²) in [4.78, 5) is 12.2. The molecule has 3 heteroatoms. The molecule has 1 N–H and O–H groups in total. The number of carbonyl (C=O) groups is 1. The van der Waals surface area contributed by atoms with Gasteiger partial charge in [0.15, 0.2) is 5.78 Å². The number of phenolic OH excluding ortho intramolecular Hbond substituents is 1. The first-order valence-electron chi connectivity index (χ1n) is 7.93. The third-order valence-electron chi connectivity index (χ3n) is 4.21. The molecular formula is C18H28O3. The van der Waals surface area contributed by atoms with Crippen molar-refractivity contribution < 1.29 is 14.6 Å². The fourth-order valence-electron chi connectivity index (χ4n) is 2.31. The van der Waals surface area contributed by atoms with E-state index >= 15 is 0 Å². The van der Waals surface area contributed by atoms with E-state index in [1.807, 2.05) is 19.1 Å². The minimum Gasteiger partial charge on any atom is -0.507 e. The number of Topliss-reactive ketones (excluding diaryl/α,β-unsaturated/α-hetero) is 1. The number of ether oxygens (including phenoxy) is 1. The Hall–Kier alpha value is -1.35. The first kappa shape index (κ1) is 17.7. The summed E-state index contributed by atoms with van der Waals surface area (Å²) in [6, 6.07) is 3.66. The molecule has 0 bridgehead atoms. The molecule has 0 radical (unpaired) electrons. The van der Waals surface area contributed by atoms with Crippen molar-refractivity contribution >= 4 is 5.78 Å². The third kappa shape index (κ3) is 4.31. The first-order chi connectivity index (χ1) is 9.96. The normalized spacial score (nSPS) is 14.0. The molecule has 0 aromatic heterocycles. The van der Waals surface area contributed by atoms with Gasteiger partial charge in [0.1, 0.15) is 12.4 Å². The number of ketones is 1. The van der Waals surface area contributed by atoms with Crippen molar-refractivity contribution in [3.05, 3.63) is 28.8 Å². The molecule has 0 saturated heterocycles. The fourth-order valence-corrected chi connectivity index (χ4v) is 2.31. The SMILES string of the molecule is CCOCC(=O)c1cc(C(C)CC)c(O)c(C(C)CC)c1. The maximum absolute atomic E-state index is 12.2. The largest absolute Gasteiger partial charge is 0.507 e. The predicted octanol–water partition coefficient (Wildman–Crippen LogP) is 4.64. The highest BCUT2D eigenvalue weighted by atomic mass is 16.5. The summed E-state index contributed by atoms with van der Waals surface area (Å²) < 4.78 is 5.22. The Balaban J connectivity index is 3.29. The van der Waals surface area contributed by atoms with Crippen molar-refractivity contribution in [2.45, 2.75) is 59.3 Å². The van der Waals surface area contributed by atoms with E-state index in [2.05, 4.69) is 27.7 Å². The van der Waals surface area contributed by atoms with Gasteiger partial charge in [0, 0.05) is 12.2 Å². The molecule has 118 valence electrons. The number of benzene rings is 1. The number of hydrogen-bond donors (Lipinski definition) is 1. The minimum atomic E-state index is -0.0223. The number of aromatic hydroxyl groups is 1. The van der Waals surface area contributed by atoms with Crippen LogP contribution >= 0.6 is 0 Å². The van der Waals surface area contributed by atoms with Crippen LogP contribution in [0, 0.1) is 0 Å². The van der Waals surface area contributed by atoms with E-state index in [0.717, 1.165) is 24.0 Å². The van der Waals surface area contributed by atoms with Crippen LogP contribution < -0.4 is 0 Å². The average Bonchev–Trinajstić information content (AvgIpc) is 2.51. The Bertz CT molecular complexity index is 448. The van der Waals surface area contributed by atoms with Crippen molar-refractivity contribution in [1.82, 2.24) is 0 Å². The molecule has 21 heavy (non-hydrogen) atoms. The zero-order valence-electron chi connectivity index (χ0n) is 13.9. The van der Waals surface area contributed by atoms with E-state index in [0.29, 0.717) is 17.9 Å². The Morgan fingerprint density at radius 1 is 1.10 bits per heavy atom. The molecule has 3 nitrogen and oxygen atoms in total. The summed E-state index contributed by atoms with van der Waals surface area (Å²) in [7, 11) is 0. The van der Waals surface area contributed by atoms with E-state index < -0.39 is 0 Å². The molecule has 0 aliphatic carbocycles. The lowest BCUT2D eigenvalue weighted by atomic mass is 9.87. The topological polar surface area (TPSA) is 46.5 Å². The minimum absolute atomic E-state index is 0.0223. The highest BCUT2D eigenvalue weighted by Crippen LogP contribution is 2.37. The highest BCUT2D eigenvalue weighted by Gasteiger charge is 2.20. The van der Waals surface area contributed by atoms with Crippen molar-refractivity contribution in [3.63, 3.8) is 0 Å². The van der Waals surface area contributed by atoms with E-state index in [4.69, 9.17) is 4.74 Å². The number of carbonyl (C=O) groups excluding carboxylic acids is 1. The highest BCUT2D eigenvalue weighted by molar-refractivity contribution is 5.97. The first-order valence-corrected chi connectivity index (χ1v) is 7.93. The van der Waals surface area contributed by atoms with Crippen LogP contribution in [0.25, 0.3) is 0 Å². The van der Waals surface area contributed by atoms with Gasteiger partial charge in [0.25, 0.3) is 0 Å². The van der Waals surface area contributed by atoms with Gasteiger partial charge in [-0.1, -0.05) is 27.7 Å². The van der Waals surface area contributed by atoms with Gasteiger partial charge in [-0.2, -0.15) is 0 Å². The van der Waals surface area contributed by atoms with E-state index in [-0.39, 0.29) is 24.2 Å². The van der Waals surface area contributed by atoms with Crippen LogP contribution in [0.15, 0.2) is 12.1 Å². The van der Waals surface area contributed by atoms with Crippen molar-refractivity contribution in [3.8, 4) is 5.75 Å². The lowest BCUT2D eigenvalue weighted by Crippen LogP contribution is -2.11. The lowest BCUT2D eigenvalue weighted by Gasteiger charge is -2.19. The quantitative estimate of drug-likeness (QED) is 0.710. The Morgan fingerprint density at radius 3 is 1.95 bits per heavy atom. The molecule has 0 spiro atoms. The monoisotopic (exact) mass is 292 g/mol. The molecule has 0 heterocycles. The zero-order chi connectivity index (χ0) is 16.0. The van der Waals surface area contributed by atoms with Crippen LogP contribution in [0.1, 0.15) is 80.8 Å². The fraction of sp³-hybridized carbons (Fsp3) is 0.611. The van der Waals surface area contributed by atoms with Crippen LogP contribution in [0.3, 0.4) is 0 Å². The molecule has 2 unspecified atom stereocenters. The standard InChI is InChI=1S/C18H28O3/c1-6-12(4)15-9-14(17(19)11-21-8-3)10-16(18(15)20)13(5)7-2/h9-10,12-13,20H,6-8,11H2,1-5H3. The molecule has 1 rings (SSSR count). The van der Waals surface area contributed by atoms with Gasteiger partial charge in [-0.3, -0.25) is 4.79 Å². The summed E-state index contributed by atoms with van der Waals surface area (Å²) >= 11 is 0. The average molecular weight is 292 g/mol. The van der Waals surface area contributed by atoms with Gasteiger partial charge < -0.3 is 9.84 Å². The third-order valence-corrected chi connectivity index (χ3v) is 4.21. The summed E-state index contributed by atoms with van der Waals surface area (Å²) in [6.45, 7) is 10.8. The summed E-state index contributed by atoms with van der Waals surface area (Å²) in [5.41, 5.74) is 2.39. The van der Waals surface area contributed by atoms with Crippen molar-refractivity contribution in [2.24, 2.45) is 0 Å². The predicted molar refractivity (Wildman–Crippen MR) is 86.3 cm³/mol. The molecule has 0 aliphatic rings. The zero-order valence-corrected chi connectivity index (χ0v) is 13.9. The molecule has 0 aliphatic heterocycles. The summed E-state index contributed by atoms with van der Waals surface area (Å²) in [5.74, 6) is 0.790. The van der Waals surface area contributed by atoms with E-state index in [9.17, 15) is 9.90 Å².